The number of carbonyl (C=O) groups excluding carboxylic acids is 2. The Hall–Kier alpha value is -3.61. The Morgan fingerprint density at radius 1 is 1.15 bits per heavy atom. The molecule has 1 fully saturated rings. The Bertz CT molecular complexity index is 1050. The molecule has 2 aliphatic carbocycles. The molecule has 7 nitrogen and oxygen atoms in total. The molecular weight excluding hydrogens is 420 g/mol. The highest BCUT2D eigenvalue weighted by molar-refractivity contribution is 5.92. The van der Waals surface area contributed by atoms with Gasteiger partial charge in [-0.2, -0.15) is 0 Å². The van der Waals surface area contributed by atoms with Crippen LogP contribution in [0.5, 0.6) is 0 Å². The number of benzene rings is 2. The van der Waals surface area contributed by atoms with E-state index < -0.39 is 29.6 Å². The van der Waals surface area contributed by atoms with Crippen LogP contribution in [-0.4, -0.2) is 53.2 Å². The molecular formula is C26H28N2O5. The fraction of sp³-hybridized carbons (Fsp3) is 0.346. The summed E-state index contributed by atoms with van der Waals surface area (Å²) in [6.45, 7) is 3.79. The van der Waals surface area contributed by atoms with E-state index in [0.717, 1.165) is 28.7 Å². The summed E-state index contributed by atoms with van der Waals surface area (Å²) in [5, 5.41) is 12.2. The second kappa shape index (κ2) is 9.10. The van der Waals surface area contributed by atoms with Crippen LogP contribution in [0.15, 0.2) is 61.2 Å². The van der Waals surface area contributed by atoms with Crippen molar-refractivity contribution in [3.8, 4) is 11.1 Å². The van der Waals surface area contributed by atoms with Crippen LogP contribution in [-0.2, 0) is 14.3 Å². The number of rotatable bonds is 8. The molecule has 0 aromatic heterocycles. The number of hydrogen-bond acceptors (Lipinski definition) is 4. The molecule has 4 rings (SSSR count). The van der Waals surface area contributed by atoms with E-state index in [2.05, 4.69) is 24.0 Å². The smallest absolute Gasteiger partial charge is 0.407 e. The summed E-state index contributed by atoms with van der Waals surface area (Å²) in [6.07, 6.45) is 2.52. The van der Waals surface area contributed by atoms with Gasteiger partial charge in [-0.3, -0.25) is 4.79 Å². The zero-order valence-corrected chi connectivity index (χ0v) is 18.6. The lowest BCUT2D eigenvalue weighted by atomic mass is 9.75. The third-order valence-electron chi connectivity index (χ3n) is 6.89. The molecule has 2 aliphatic rings. The first-order chi connectivity index (χ1) is 15.9. The van der Waals surface area contributed by atoms with Crippen molar-refractivity contribution in [3.63, 3.8) is 0 Å². The zero-order valence-electron chi connectivity index (χ0n) is 18.6. The maximum atomic E-state index is 13.0. The van der Waals surface area contributed by atoms with Gasteiger partial charge in [0.25, 0.3) is 0 Å². The van der Waals surface area contributed by atoms with Gasteiger partial charge in [-0.1, -0.05) is 54.6 Å². The van der Waals surface area contributed by atoms with Gasteiger partial charge in [-0.25, -0.2) is 9.59 Å². The fourth-order valence-corrected chi connectivity index (χ4v) is 4.82. The third kappa shape index (κ3) is 3.99. The van der Waals surface area contributed by atoms with Gasteiger partial charge in [0.1, 0.15) is 18.2 Å². The number of ether oxygens (including phenoxy) is 1. The normalized spacial score (nSPS) is 16.5. The first-order valence-corrected chi connectivity index (χ1v) is 11.1. The molecule has 1 saturated carbocycles. The summed E-state index contributed by atoms with van der Waals surface area (Å²) in [4.78, 5) is 38.7. The highest BCUT2D eigenvalue weighted by Gasteiger charge is 2.50. The van der Waals surface area contributed by atoms with Crippen LogP contribution >= 0.6 is 0 Å². The standard InChI is InChI=1S/C26H28N2O5/c1-3-9-22(23(29)28(2)26(24(30)31)14-8-15-26)27-25(32)33-16-21-19-12-6-4-10-17(19)18-11-5-7-13-20(18)21/h3-7,10-13,21-22H,1,8-9,14-16H2,2H3,(H,27,32)(H,30,31). The quantitative estimate of drug-likeness (QED) is 0.597. The molecule has 2 aromatic rings. The Morgan fingerprint density at radius 2 is 1.73 bits per heavy atom. The van der Waals surface area contributed by atoms with Crippen LogP contribution in [0.3, 0.4) is 0 Å². The topological polar surface area (TPSA) is 95.9 Å². The number of carboxylic acids is 1. The minimum atomic E-state index is -1.21. The summed E-state index contributed by atoms with van der Waals surface area (Å²) in [6, 6.07) is 15.1. The summed E-state index contributed by atoms with van der Waals surface area (Å²) in [5.74, 6) is -1.58. The molecule has 2 N–H and O–H groups in total. The monoisotopic (exact) mass is 448 g/mol. The van der Waals surface area contributed by atoms with Gasteiger partial charge in [0.05, 0.1) is 0 Å². The van der Waals surface area contributed by atoms with E-state index in [1.54, 1.807) is 0 Å². The van der Waals surface area contributed by atoms with E-state index in [-0.39, 0.29) is 18.9 Å². The van der Waals surface area contributed by atoms with Gasteiger partial charge in [-0.05, 0) is 47.9 Å². The first kappa shape index (κ1) is 22.6. The molecule has 0 bridgehead atoms. The summed E-state index contributed by atoms with van der Waals surface area (Å²) in [5.41, 5.74) is 3.24. The fourth-order valence-electron chi connectivity index (χ4n) is 4.82. The number of carbonyl (C=O) groups is 3. The van der Waals surface area contributed by atoms with Crippen molar-refractivity contribution in [2.75, 3.05) is 13.7 Å². The second-order valence-electron chi connectivity index (χ2n) is 8.63. The minimum absolute atomic E-state index is 0.0929. The lowest BCUT2D eigenvalue weighted by Gasteiger charge is -2.45. The SMILES string of the molecule is C=CCC(NC(=O)OCC1c2ccccc2-c2ccccc21)C(=O)N(C)C1(C(=O)O)CCC1. The van der Waals surface area contributed by atoms with Gasteiger partial charge in [0, 0.05) is 13.0 Å². The molecule has 33 heavy (non-hydrogen) atoms. The van der Waals surface area contributed by atoms with E-state index in [1.807, 2.05) is 36.4 Å². The Morgan fingerprint density at radius 3 is 2.21 bits per heavy atom. The Labute approximate surface area is 193 Å². The van der Waals surface area contributed by atoms with E-state index in [4.69, 9.17) is 4.74 Å². The van der Waals surface area contributed by atoms with Crippen molar-refractivity contribution < 1.29 is 24.2 Å². The van der Waals surface area contributed by atoms with Gasteiger partial charge in [0.2, 0.25) is 5.91 Å². The zero-order chi connectivity index (χ0) is 23.6. The molecule has 7 heteroatoms. The molecule has 0 aliphatic heterocycles. The number of aliphatic carboxylic acids is 1. The number of fused-ring (bicyclic) bond motifs is 3. The van der Waals surface area contributed by atoms with E-state index in [1.165, 1.54) is 18.0 Å². The van der Waals surface area contributed by atoms with Crippen molar-refractivity contribution in [1.82, 2.24) is 10.2 Å². The van der Waals surface area contributed by atoms with Gasteiger partial charge < -0.3 is 20.1 Å². The molecule has 1 atom stereocenters. The number of likely N-dealkylation sites (N-methyl/N-ethyl adjacent to an activating group) is 1. The summed E-state index contributed by atoms with van der Waals surface area (Å²) in [7, 11) is 1.48. The minimum Gasteiger partial charge on any atom is -0.479 e. The number of carboxylic acid groups (broad SMARTS) is 1. The van der Waals surface area contributed by atoms with Crippen LogP contribution in [0.4, 0.5) is 4.79 Å². The van der Waals surface area contributed by atoms with Crippen LogP contribution < -0.4 is 5.32 Å². The highest BCUT2D eigenvalue weighted by atomic mass is 16.5. The molecule has 172 valence electrons. The van der Waals surface area contributed by atoms with Crippen LogP contribution in [0, 0.1) is 0 Å². The van der Waals surface area contributed by atoms with E-state index in [0.29, 0.717) is 12.8 Å². The highest BCUT2D eigenvalue weighted by Crippen LogP contribution is 2.44. The van der Waals surface area contributed by atoms with Crippen molar-refractivity contribution in [3.05, 3.63) is 72.3 Å². The molecule has 0 heterocycles. The lowest BCUT2D eigenvalue weighted by Crippen LogP contribution is -2.63. The number of nitrogens with one attached hydrogen (secondary N) is 1. The first-order valence-electron chi connectivity index (χ1n) is 11.1. The van der Waals surface area contributed by atoms with Gasteiger partial charge in [0.15, 0.2) is 0 Å². The summed E-state index contributed by atoms with van der Waals surface area (Å²) >= 11 is 0. The Kier molecular flexibility index (Phi) is 6.22. The van der Waals surface area contributed by atoms with Crippen LogP contribution in [0.1, 0.15) is 42.7 Å². The molecule has 2 amide bonds. The third-order valence-corrected chi connectivity index (χ3v) is 6.89. The number of nitrogens with zero attached hydrogens (tertiary/aromatic N) is 1. The lowest BCUT2D eigenvalue weighted by molar-refractivity contribution is -0.164. The average Bonchev–Trinajstić information content (AvgIpc) is 3.09. The molecule has 2 aromatic carbocycles. The second-order valence-corrected chi connectivity index (χ2v) is 8.63. The molecule has 0 radical (unpaired) electrons. The maximum absolute atomic E-state index is 13.0. The predicted molar refractivity (Wildman–Crippen MR) is 124 cm³/mol. The number of alkyl carbamates (subject to hydrolysis) is 1. The van der Waals surface area contributed by atoms with Crippen molar-refractivity contribution in [1.29, 1.82) is 0 Å². The van der Waals surface area contributed by atoms with E-state index >= 15 is 0 Å². The molecule has 0 spiro atoms. The van der Waals surface area contributed by atoms with E-state index in [9.17, 15) is 19.5 Å². The Balaban J connectivity index is 1.44. The van der Waals surface area contributed by atoms with Gasteiger partial charge >= 0.3 is 12.1 Å². The van der Waals surface area contributed by atoms with Crippen molar-refractivity contribution >= 4 is 18.0 Å². The van der Waals surface area contributed by atoms with Crippen LogP contribution in [0.25, 0.3) is 11.1 Å². The average molecular weight is 449 g/mol. The number of hydrogen-bond donors (Lipinski definition) is 2. The predicted octanol–water partition coefficient (Wildman–Crippen LogP) is 3.94. The molecule has 1 unspecified atom stereocenters. The van der Waals surface area contributed by atoms with Crippen molar-refractivity contribution in [2.24, 2.45) is 0 Å². The number of amides is 2. The summed E-state index contributed by atoms with van der Waals surface area (Å²) < 4.78 is 5.55. The van der Waals surface area contributed by atoms with Gasteiger partial charge in [-0.15, -0.1) is 6.58 Å². The maximum Gasteiger partial charge on any atom is 0.407 e. The largest absolute Gasteiger partial charge is 0.479 e. The molecule has 0 saturated heterocycles. The van der Waals surface area contributed by atoms with Crippen LogP contribution in [0.2, 0.25) is 0 Å². The van der Waals surface area contributed by atoms with Crippen molar-refractivity contribution in [2.45, 2.75) is 43.2 Å².